The zero-order chi connectivity index (χ0) is 19.7. The van der Waals surface area contributed by atoms with E-state index in [1.54, 1.807) is 35.2 Å². The van der Waals surface area contributed by atoms with Crippen molar-refractivity contribution in [1.82, 2.24) is 4.72 Å². The van der Waals surface area contributed by atoms with Crippen LogP contribution in [0.5, 0.6) is 0 Å². The smallest absolute Gasteiger partial charge is 0.258 e. The first-order chi connectivity index (χ1) is 13.5. The van der Waals surface area contributed by atoms with Gasteiger partial charge in [-0.25, -0.2) is 13.1 Å². The highest BCUT2D eigenvalue weighted by Gasteiger charge is 2.33. The van der Waals surface area contributed by atoms with Gasteiger partial charge in [0.15, 0.2) is 0 Å². The van der Waals surface area contributed by atoms with Crippen LogP contribution in [0.1, 0.15) is 54.9 Å². The summed E-state index contributed by atoms with van der Waals surface area (Å²) in [5, 5.41) is 0. The molecule has 148 valence electrons. The van der Waals surface area contributed by atoms with Crippen molar-refractivity contribution in [1.29, 1.82) is 0 Å². The molecule has 2 aromatic rings. The summed E-state index contributed by atoms with van der Waals surface area (Å²) in [6.07, 6.45) is 5.79. The Kier molecular flexibility index (Phi) is 5.25. The average Bonchev–Trinajstić information content (AvgIpc) is 3.03. The number of hydrogen-bond acceptors (Lipinski definition) is 3. The van der Waals surface area contributed by atoms with E-state index in [1.807, 2.05) is 25.1 Å². The van der Waals surface area contributed by atoms with E-state index in [1.165, 1.54) is 6.42 Å². The molecule has 0 aromatic heterocycles. The van der Waals surface area contributed by atoms with Gasteiger partial charge in [-0.1, -0.05) is 37.5 Å². The molecule has 1 fully saturated rings. The van der Waals surface area contributed by atoms with Gasteiger partial charge in [0.1, 0.15) is 0 Å². The number of fused-ring (bicyclic) bond motifs is 1. The number of nitrogens with one attached hydrogen (secondary N) is 1. The van der Waals surface area contributed by atoms with E-state index in [0.29, 0.717) is 12.0 Å². The third kappa shape index (κ3) is 3.71. The van der Waals surface area contributed by atoms with Crippen molar-refractivity contribution in [2.24, 2.45) is 0 Å². The second-order valence-corrected chi connectivity index (χ2v) is 9.56. The van der Waals surface area contributed by atoms with Gasteiger partial charge in [0, 0.05) is 23.3 Å². The van der Waals surface area contributed by atoms with E-state index in [-0.39, 0.29) is 22.9 Å². The molecule has 0 saturated heterocycles. The molecule has 4 rings (SSSR count). The Hall–Kier alpha value is -2.18. The van der Waals surface area contributed by atoms with E-state index in [4.69, 9.17) is 0 Å². The monoisotopic (exact) mass is 398 g/mol. The second kappa shape index (κ2) is 7.68. The standard InChI is InChI=1S/C22H26N2O3S/c1-16-14-18-15-20(28(26,27)23-19-10-6-3-7-11-19)12-13-21(18)24(16)22(25)17-8-4-2-5-9-17/h2,4-5,8-9,12-13,15-16,19,23H,3,6-7,10-11,14H2,1H3/t16-/m1/s1. The van der Waals surface area contributed by atoms with Crippen LogP contribution >= 0.6 is 0 Å². The molecule has 2 aliphatic rings. The molecule has 1 aliphatic heterocycles. The molecule has 1 heterocycles. The Labute approximate surface area is 166 Å². The maximum Gasteiger partial charge on any atom is 0.258 e. The van der Waals surface area contributed by atoms with E-state index in [0.717, 1.165) is 36.9 Å². The summed E-state index contributed by atoms with van der Waals surface area (Å²) in [7, 11) is -3.54. The molecule has 0 spiro atoms. The maximum absolute atomic E-state index is 13.0. The lowest BCUT2D eigenvalue weighted by Crippen LogP contribution is -2.36. The molecule has 2 aromatic carbocycles. The summed E-state index contributed by atoms with van der Waals surface area (Å²) >= 11 is 0. The molecule has 1 saturated carbocycles. The van der Waals surface area contributed by atoms with Gasteiger partial charge in [0.05, 0.1) is 4.90 Å². The number of carbonyl (C=O) groups excluding carboxylic acids is 1. The Morgan fingerprint density at radius 1 is 1.04 bits per heavy atom. The van der Waals surface area contributed by atoms with E-state index in [9.17, 15) is 13.2 Å². The lowest BCUT2D eigenvalue weighted by atomic mass is 9.96. The number of hydrogen-bond donors (Lipinski definition) is 1. The minimum Gasteiger partial charge on any atom is -0.305 e. The normalized spacial score (nSPS) is 20.2. The van der Waals surface area contributed by atoms with Crippen LogP contribution in [0.3, 0.4) is 0 Å². The third-order valence-electron chi connectivity index (χ3n) is 5.74. The SMILES string of the molecule is C[C@@H]1Cc2cc(S(=O)(=O)NC3CCCCC3)ccc2N1C(=O)c1ccccc1. The molecule has 1 atom stereocenters. The first kappa shape index (κ1) is 19.2. The Morgan fingerprint density at radius 2 is 1.75 bits per heavy atom. The first-order valence-electron chi connectivity index (χ1n) is 9.99. The van der Waals surface area contributed by atoms with Crippen LogP contribution in [-0.2, 0) is 16.4 Å². The van der Waals surface area contributed by atoms with Crippen molar-refractivity contribution in [2.75, 3.05) is 4.90 Å². The predicted molar refractivity (Wildman–Crippen MR) is 110 cm³/mol. The van der Waals surface area contributed by atoms with Gasteiger partial charge < -0.3 is 4.90 Å². The first-order valence-corrected chi connectivity index (χ1v) is 11.5. The van der Waals surface area contributed by atoms with Gasteiger partial charge in [0.25, 0.3) is 5.91 Å². The molecule has 0 bridgehead atoms. The lowest BCUT2D eigenvalue weighted by molar-refractivity contribution is 0.0981. The van der Waals surface area contributed by atoms with Gasteiger partial charge in [-0.3, -0.25) is 4.79 Å². The number of rotatable bonds is 4. The molecule has 28 heavy (non-hydrogen) atoms. The highest BCUT2D eigenvalue weighted by Crippen LogP contribution is 2.35. The molecule has 5 nitrogen and oxygen atoms in total. The summed E-state index contributed by atoms with van der Waals surface area (Å²) < 4.78 is 28.5. The molecule has 1 N–H and O–H groups in total. The topological polar surface area (TPSA) is 66.5 Å². The highest BCUT2D eigenvalue weighted by molar-refractivity contribution is 7.89. The van der Waals surface area contributed by atoms with Crippen LogP contribution in [0.2, 0.25) is 0 Å². The van der Waals surface area contributed by atoms with Crippen LogP contribution < -0.4 is 9.62 Å². The van der Waals surface area contributed by atoms with Crippen molar-refractivity contribution in [3.05, 3.63) is 59.7 Å². The molecule has 1 amide bonds. The molecular weight excluding hydrogens is 372 g/mol. The fourth-order valence-corrected chi connectivity index (χ4v) is 5.67. The van der Waals surface area contributed by atoms with Crippen molar-refractivity contribution >= 4 is 21.6 Å². The van der Waals surface area contributed by atoms with Gasteiger partial charge in [-0.15, -0.1) is 0 Å². The summed E-state index contributed by atoms with van der Waals surface area (Å²) in [6.45, 7) is 2.00. The lowest BCUT2D eigenvalue weighted by Gasteiger charge is -2.23. The summed E-state index contributed by atoms with van der Waals surface area (Å²) in [5.74, 6) is -0.0530. The predicted octanol–water partition coefficient (Wildman–Crippen LogP) is 3.89. The fraction of sp³-hybridized carbons (Fsp3) is 0.409. The van der Waals surface area contributed by atoms with E-state index in [2.05, 4.69) is 4.72 Å². The Balaban J connectivity index is 1.59. The summed E-state index contributed by atoms with van der Waals surface area (Å²) in [6, 6.07) is 14.3. The van der Waals surface area contributed by atoms with Crippen LogP contribution in [0, 0.1) is 0 Å². The van der Waals surface area contributed by atoms with Gasteiger partial charge in [0.2, 0.25) is 10.0 Å². The number of carbonyl (C=O) groups is 1. The van der Waals surface area contributed by atoms with Crippen LogP contribution in [0.25, 0.3) is 0 Å². The van der Waals surface area contributed by atoms with E-state index >= 15 is 0 Å². The maximum atomic E-state index is 13.0. The van der Waals surface area contributed by atoms with Crippen molar-refractivity contribution in [3.63, 3.8) is 0 Å². The van der Waals surface area contributed by atoms with Crippen molar-refractivity contribution < 1.29 is 13.2 Å². The Bertz CT molecular complexity index is 967. The van der Waals surface area contributed by atoms with Crippen molar-refractivity contribution in [3.8, 4) is 0 Å². The zero-order valence-electron chi connectivity index (χ0n) is 16.1. The second-order valence-electron chi connectivity index (χ2n) is 7.84. The summed E-state index contributed by atoms with van der Waals surface area (Å²) in [4.78, 5) is 15.0. The molecular formula is C22H26N2O3S. The number of benzene rings is 2. The number of amides is 1. The van der Waals surface area contributed by atoms with Gasteiger partial charge >= 0.3 is 0 Å². The summed E-state index contributed by atoms with van der Waals surface area (Å²) in [5.41, 5.74) is 2.35. The van der Waals surface area contributed by atoms with Crippen molar-refractivity contribution in [2.45, 2.75) is 62.4 Å². The average molecular weight is 399 g/mol. The van der Waals surface area contributed by atoms with Crippen LogP contribution in [0.4, 0.5) is 5.69 Å². The molecule has 1 aliphatic carbocycles. The molecule has 0 radical (unpaired) electrons. The van der Waals surface area contributed by atoms with Gasteiger partial charge in [-0.05, 0) is 62.1 Å². The zero-order valence-corrected chi connectivity index (χ0v) is 16.9. The number of nitrogens with zero attached hydrogens (tertiary/aromatic N) is 1. The van der Waals surface area contributed by atoms with Crippen LogP contribution in [0.15, 0.2) is 53.4 Å². The molecule has 6 heteroatoms. The minimum absolute atomic E-state index is 0.00744. The van der Waals surface area contributed by atoms with Crippen LogP contribution in [-0.4, -0.2) is 26.4 Å². The largest absolute Gasteiger partial charge is 0.305 e. The van der Waals surface area contributed by atoms with Gasteiger partial charge in [-0.2, -0.15) is 0 Å². The number of sulfonamides is 1. The fourth-order valence-electron chi connectivity index (χ4n) is 4.31. The highest BCUT2D eigenvalue weighted by atomic mass is 32.2. The third-order valence-corrected chi connectivity index (χ3v) is 7.26. The molecule has 0 unspecified atom stereocenters. The minimum atomic E-state index is -3.54. The quantitative estimate of drug-likeness (QED) is 0.850. The van der Waals surface area contributed by atoms with E-state index < -0.39 is 10.0 Å². The Morgan fingerprint density at radius 3 is 2.46 bits per heavy atom. The number of anilines is 1.